The van der Waals surface area contributed by atoms with E-state index in [4.69, 9.17) is 5.11 Å². The summed E-state index contributed by atoms with van der Waals surface area (Å²) < 4.78 is 1.65. The summed E-state index contributed by atoms with van der Waals surface area (Å²) in [5, 5.41) is 15.6. The van der Waals surface area contributed by atoms with Crippen LogP contribution in [0.15, 0.2) is 12.5 Å². The van der Waals surface area contributed by atoms with Gasteiger partial charge in [-0.15, -0.1) is 0 Å². The van der Waals surface area contributed by atoms with E-state index in [1.165, 1.54) is 6.33 Å². The third kappa shape index (κ3) is 2.62. The van der Waals surface area contributed by atoms with Crippen molar-refractivity contribution in [2.45, 2.75) is 13.5 Å². The summed E-state index contributed by atoms with van der Waals surface area (Å²) in [6, 6.07) is 0. The smallest absolute Gasteiger partial charge is 0.354 e. The average molecular weight is 263 g/mol. The standard InChI is InChI=1S/C11H13N5O3/c1-6-7(4-16(2)15-6)3-12-10(17)8-9(11(18)19)14-5-13-8/h4-5H,3H2,1-2H3,(H,12,17)(H,13,14)(H,18,19). The van der Waals surface area contributed by atoms with Crippen LogP contribution >= 0.6 is 0 Å². The maximum Gasteiger partial charge on any atom is 0.354 e. The predicted molar refractivity (Wildman–Crippen MR) is 64.7 cm³/mol. The van der Waals surface area contributed by atoms with E-state index < -0.39 is 11.9 Å². The van der Waals surface area contributed by atoms with Crippen molar-refractivity contribution >= 4 is 11.9 Å². The quantitative estimate of drug-likeness (QED) is 0.723. The third-order valence-corrected chi connectivity index (χ3v) is 2.62. The van der Waals surface area contributed by atoms with Gasteiger partial charge in [-0.25, -0.2) is 9.78 Å². The van der Waals surface area contributed by atoms with E-state index in [0.29, 0.717) is 0 Å². The zero-order valence-electron chi connectivity index (χ0n) is 10.5. The normalized spacial score (nSPS) is 10.4. The number of carbonyl (C=O) groups is 2. The highest BCUT2D eigenvalue weighted by molar-refractivity contribution is 6.02. The Hall–Kier alpha value is -2.64. The molecular weight excluding hydrogens is 250 g/mol. The Bertz CT molecular complexity index is 628. The first-order valence-corrected chi connectivity index (χ1v) is 5.53. The first-order valence-electron chi connectivity index (χ1n) is 5.53. The van der Waals surface area contributed by atoms with Gasteiger partial charge in [0.05, 0.1) is 12.0 Å². The van der Waals surface area contributed by atoms with E-state index >= 15 is 0 Å². The first-order chi connectivity index (χ1) is 8.99. The lowest BCUT2D eigenvalue weighted by molar-refractivity contribution is 0.0685. The van der Waals surface area contributed by atoms with E-state index in [1.807, 2.05) is 6.92 Å². The SMILES string of the molecule is Cc1nn(C)cc1CNC(=O)c1nc[nH]c1C(=O)O. The predicted octanol–water partition coefficient (Wildman–Crippen LogP) is 0.0798. The van der Waals surface area contributed by atoms with Crippen molar-refractivity contribution in [3.8, 4) is 0 Å². The molecule has 0 aliphatic rings. The summed E-state index contributed by atoms with van der Waals surface area (Å²) in [6.45, 7) is 2.10. The summed E-state index contributed by atoms with van der Waals surface area (Å²) in [6.07, 6.45) is 2.96. The molecule has 2 aromatic heterocycles. The van der Waals surface area contributed by atoms with Gasteiger partial charge in [-0.1, -0.05) is 0 Å². The number of aromatic amines is 1. The van der Waals surface area contributed by atoms with Crippen molar-refractivity contribution < 1.29 is 14.7 Å². The van der Waals surface area contributed by atoms with Crippen LogP contribution in [-0.4, -0.2) is 36.7 Å². The lowest BCUT2D eigenvalue weighted by Crippen LogP contribution is -2.25. The topological polar surface area (TPSA) is 113 Å². The second-order valence-corrected chi connectivity index (χ2v) is 4.03. The molecular formula is C11H13N5O3. The second-order valence-electron chi connectivity index (χ2n) is 4.03. The van der Waals surface area contributed by atoms with Gasteiger partial charge in [0.15, 0.2) is 11.4 Å². The third-order valence-electron chi connectivity index (χ3n) is 2.62. The van der Waals surface area contributed by atoms with Gasteiger partial charge in [0.25, 0.3) is 5.91 Å². The molecule has 0 aliphatic carbocycles. The van der Waals surface area contributed by atoms with Crippen LogP contribution in [0.2, 0.25) is 0 Å². The Kier molecular flexibility index (Phi) is 3.32. The van der Waals surface area contributed by atoms with Crippen molar-refractivity contribution in [1.82, 2.24) is 25.1 Å². The van der Waals surface area contributed by atoms with E-state index in [-0.39, 0.29) is 17.9 Å². The maximum atomic E-state index is 11.8. The number of carboxylic acid groups (broad SMARTS) is 1. The van der Waals surface area contributed by atoms with Crippen molar-refractivity contribution in [2.75, 3.05) is 0 Å². The number of nitrogens with one attached hydrogen (secondary N) is 2. The molecule has 0 atom stereocenters. The number of carbonyl (C=O) groups excluding carboxylic acids is 1. The highest BCUT2D eigenvalue weighted by atomic mass is 16.4. The number of hydrogen-bond donors (Lipinski definition) is 3. The maximum absolute atomic E-state index is 11.8. The van der Waals surface area contributed by atoms with Gasteiger partial charge in [0.2, 0.25) is 0 Å². The van der Waals surface area contributed by atoms with E-state index in [1.54, 1.807) is 17.9 Å². The van der Waals surface area contributed by atoms with Crippen LogP contribution in [0.5, 0.6) is 0 Å². The van der Waals surface area contributed by atoms with E-state index in [9.17, 15) is 9.59 Å². The largest absolute Gasteiger partial charge is 0.477 e. The number of rotatable bonds is 4. The Morgan fingerprint density at radius 3 is 2.84 bits per heavy atom. The van der Waals surface area contributed by atoms with Gasteiger partial charge < -0.3 is 15.4 Å². The number of aromatic carboxylic acids is 1. The number of aromatic nitrogens is 4. The molecule has 0 aliphatic heterocycles. The molecule has 0 unspecified atom stereocenters. The minimum atomic E-state index is -1.22. The molecule has 2 aromatic rings. The van der Waals surface area contributed by atoms with Crippen LogP contribution < -0.4 is 5.32 Å². The highest BCUT2D eigenvalue weighted by Gasteiger charge is 2.19. The number of amides is 1. The Morgan fingerprint density at radius 1 is 1.53 bits per heavy atom. The van der Waals surface area contributed by atoms with Crippen molar-refractivity contribution in [3.63, 3.8) is 0 Å². The molecule has 8 nitrogen and oxygen atoms in total. The molecule has 1 amide bonds. The molecule has 2 heterocycles. The number of imidazole rings is 1. The van der Waals surface area contributed by atoms with Crippen LogP contribution in [0.4, 0.5) is 0 Å². The highest BCUT2D eigenvalue weighted by Crippen LogP contribution is 2.06. The number of hydrogen-bond acceptors (Lipinski definition) is 4. The van der Waals surface area contributed by atoms with Gasteiger partial charge >= 0.3 is 5.97 Å². The molecule has 0 radical (unpaired) electrons. The monoisotopic (exact) mass is 263 g/mol. The first kappa shape index (κ1) is 12.8. The lowest BCUT2D eigenvalue weighted by atomic mass is 10.2. The Labute approximate surface area is 108 Å². The van der Waals surface area contributed by atoms with Gasteiger partial charge in [-0.05, 0) is 6.92 Å². The molecule has 0 fully saturated rings. The van der Waals surface area contributed by atoms with Gasteiger partial charge in [-0.2, -0.15) is 5.10 Å². The molecule has 2 rings (SSSR count). The van der Waals surface area contributed by atoms with Crippen molar-refractivity contribution in [3.05, 3.63) is 35.2 Å². The number of aryl methyl sites for hydroxylation is 2. The van der Waals surface area contributed by atoms with E-state index in [2.05, 4.69) is 20.4 Å². The minimum absolute atomic E-state index is 0.131. The number of carboxylic acids is 1. The minimum Gasteiger partial charge on any atom is -0.477 e. The van der Waals surface area contributed by atoms with E-state index in [0.717, 1.165) is 11.3 Å². The molecule has 0 aromatic carbocycles. The van der Waals surface area contributed by atoms with Gasteiger partial charge in [0.1, 0.15) is 0 Å². The summed E-state index contributed by atoms with van der Waals surface area (Å²) in [4.78, 5) is 28.8. The fourth-order valence-electron chi connectivity index (χ4n) is 1.71. The zero-order chi connectivity index (χ0) is 14.0. The number of H-pyrrole nitrogens is 1. The van der Waals surface area contributed by atoms with Crippen molar-refractivity contribution in [1.29, 1.82) is 0 Å². The van der Waals surface area contributed by atoms with Crippen LogP contribution in [-0.2, 0) is 13.6 Å². The molecule has 0 bridgehead atoms. The van der Waals surface area contributed by atoms with Crippen LogP contribution in [0.25, 0.3) is 0 Å². The van der Waals surface area contributed by atoms with Crippen LogP contribution in [0.1, 0.15) is 32.2 Å². The van der Waals surface area contributed by atoms with Crippen molar-refractivity contribution in [2.24, 2.45) is 7.05 Å². The fraction of sp³-hybridized carbons (Fsp3) is 0.273. The second kappa shape index (κ2) is 4.92. The summed E-state index contributed by atoms with van der Waals surface area (Å²) in [5.74, 6) is -1.76. The average Bonchev–Trinajstić information content (AvgIpc) is 2.93. The summed E-state index contributed by atoms with van der Waals surface area (Å²) in [5.41, 5.74) is 1.32. The van der Waals surface area contributed by atoms with Gasteiger partial charge in [0, 0.05) is 25.4 Å². The molecule has 0 saturated heterocycles. The summed E-state index contributed by atoms with van der Waals surface area (Å²) >= 11 is 0. The number of nitrogens with zero attached hydrogens (tertiary/aromatic N) is 3. The zero-order valence-corrected chi connectivity index (χ0v) is 10.5. The van der Waals surface area contributed by atoms with Crippen LogP contribution in [0, 0.1) is 6.92 Å². The molecule has 100 valence electrons. The molecule has 19 heavy (non-hydrogen) atoms. The molecule has 0 saturated carbocycles. The Morgan fingerprint density at radius 2 is 2.26 bits per heavy atom. The van der Waals surface area contributed by atoms with Gasteiger partial charge in [-0.3, -0.25) is 9.48 Å². The molecule has 3 N–H and O–H groups in total. The fourth-order valence-corrected chi connectivity index (χ4v) is 1.71. The Balaban J connectivity index is 2.07. The summed E-state index contributed by atoms with van der Waals surface area (Å²) in [7, 11) is 1.79. The molecule has 0 spiro atoms. The van der Waals surface area contributed by atoms with Crippen LogP contribution in [0.3, 0.4) is 0 Å². The molecule has 8 heteroatoms. The lowest BCUT2D eigenvalue weighted by Gasteiger charge is -2.02.